The number of aryl methyl sites for hydroxylation is 1. The van der Waals surface area contributed by atoms with Crippen molar-refractivity contribution in [3.63, 3.8) is 0 Å². The van der Waals surface area contributed by atoms with Crippen LogP contribution in [-0.4, -0.2) is 29.6 Å². The maximum absolute atomic E-state index is 12.2. The summed E-state index contributed by atoms with van der Waals surface area (Å²) in [5, 5.41) is 12.5. The van der Waals surface area contributed by atoms with E-state index in [1.54, 1.807) is 31.2 Å². The van der Waals surface area contributed by atoms with Gasteiger partial charge in [-0.05, 0) is 50.6 Å². The van der Waals surface area contributed by atoms with E-state index in [-0.39, 0.29) is 17.9 Å². The van der Waals surface area contributed by atoms with Gasteiger partial charge in [0.2, 0.25) is 5.91 Å². The van der Waals surface area contributed by atoms with E-state index in [9.17, 15) is 9.59 Å². The number of carbonyl (C=O) groups is 2. The second-order valence-corrected chi connectivity index (χ2v) is 5.82. The number of piperidine rings is 1. The van der Waals surface area contributed by atoms with Crippen molar-refractivity contribution >= 4 is 23.2 Å². The molecule has 2 heterocycles. The topological polar surface area (TPSA) is 96.3 Å². The van der Waals surface area contributed by atoms with Gasteiger partial charge >= 0.3 is 0 Å². The number of anilines is 2. The highest BCUT2D eigenvalue weighted by Crippen LogP contribution is 2.17. The van der Waals surface area contributed by atoms with Gasteiger partial charge in [0.15, 0.2) is 0 Å². The molecule has 3 rings (SSSR count). The largest absolute Gasteiger partial charge is 0.361 e. The molecule has 1 aliphatic heterocycles. The van der Waals surface area contributed by atoms with Crippen LogP contribution in [0.5, 0.6) is 0 Å². The normalized spacial score (nSPS) is 17.3. The SMILES string of the molecule is Cc1oncc1C(=O)Nc1ccc(NC(=O)C2CCCCN2)cc1. The lowest BCUT2D eigenvalue weighted by Gasteiger charge is -2.22. The minimum Gasteiger partial charge on any atom is -0.361 e. The van der Waals surface area contributed by atoms with Crippen LogP contribution >= 0.6 is 0 Å². The zero-order valence-electron chi connectivity index (χ0n) is 13.5. The van der Waals surface area contributed by atoms with Crippen LogP contribution in [-0.2, 0) is 4.79 Å². The molecule has 0 bridgehead atoms. The maximum atomic E-state index is 12.2. The molecule has 2 aromatic rings. The quantitative estimate of drug-likeness (QED) is 0.800. The summed E-state index contributed by atoms with van der Waals surface area (Å²) >= 11 is 0. The van der Waals surface area contributed by atoms with Gasteiger partial charge in [-0.1, -0.05) is 11.6 Å². The number of rotatable bonds is 4. The van der Waals surface area contributed by atoms with E-state index < -0.39 is 0 Å². The molecular weight excluding hydrogens is 308 g/mol. The molecule has 0 saturated carbocycles. The van der Waals surface area contributed by atoms with Gasteiger partial charge in [0.25, 0.3) is 5.91 Å². The molecule has 126 valence electrons. The van der Waals surface area contributed by atoms with Crippen molar-refractivity contribution in [1.82, 2.24) is 10.5 Å². The van der Waals surface area contributed by atoms with Crippen molar-refractivity contribution in [2.24, 2.45) is 0 Å². The van der Waals surface area contributed by atoms with Gasteiger partial charge in [0, 0.05) is 11.4 Å². The summed E-state index contributed by atoms with van der Waals surface area (Å²) in [5.74, 6) is 0.167. The number of carbonyl (C=O) groups excluding carboxylic acids is 2. The molecule has 0 radical (unpaired) electrons. The Kier molecular flexibility index (Phi) is 4.90. The van der Waals surface area contributed by atoms with Gasteiger partial charge < -0.3 is 20.5 Å². The Hall–Kier alpha value is -2.67. The molecule has 3 N–H and O–H groups in total. The predicted molar refractivity (Wildman–Crippen MR) is 89.9 cm³/mol. The fourth-order valence-electron chi connectivity index (χ4n) is 2.66. The van der Waals surface area contributed by atoms with Crippen LogP contribution in [0.15, 0.2) is 35.0 Å². The summed E-state index contributed by atoms with van der Waals surface area (Å²) in [6.45, 7) is 2.56. The van der Waals surface area contributed by atoms with Crippen LogP contribution in [0.2, 0.25) is 0 Å². The summed E-state index contributed by atoms with van der Waals surface area (Å²) in [5.41, 5.74) is 1.73. The molecule has 2 amide bonds. The third kappa shape index (κ3) is 3.80. The van der Waals surface area contributed by atoms with E-state index in [1.807, 2.05) is 0 Å². The molecule has 1 aliphatic rings. The number of nitrogens with zero attached hydrogens (tertiary/aromatic N) is 1. The number of benzene rings is 1. The first-order valence-corrected chi connectivity index (χ1v) is 8.00. The fourth-order valence-corrected chi connectivity index (χ4v) is 2.66. The Morgan fingerprint density at radius 2 is 1.88 bits per heavy atom. The summed E-state index contributed by atoms with van der Waals surface area (Å²) in [6.07, 6.45) is 4.43. The van der Waals surface area contributed by atoms with Crippen molar-refractivity contribution in [2.45, 2.75) is 32.2 Å². The lowest BCUT2D eigenvalue weighted by Crippen LogP contribution is -2.43. The zero-order valence-corrected chi connectivity index (χ0v) is 13.5. The molecular formula is C17H20N4O3. The average Bonchev–Trinajstić information content (AvgIpc) is 3.03. The molecule has 1 fully saturated rings. The molecule has 1 aromatic heterocycles. The van der Waals surface area contributed by atoms with Gasteiger partial charge in [-0.15, -0.1) is 0 Å². The second kappa shape index (κ2) is 7.27. The second-order valence-electron chi connectivity index (χ2n) is 5.82. The highest BCUT2D eigenvalue weighted by molar-refractivity contribution is 6.04. The summed E-state index contributed by atoms with van der Waals surface area (Å²) in [6, 6.07) is 6.87. The number of hydrogen-bond acceptors (Lipinski definition) is 5. The van der Waals surface area contributed by atoms with Crippen LogP contribution in [0.1, 0.15) is 35.4 Å². The van der Waals surface area contributed by atoms with Crippen molar-refractivity contribution < 1.29 is 14.1 Å². The monoisotopic (exact) mass is 328 g/mol. The van der Waals surface area contributed by atoms with E-state index in [2.05, 4.69) is 21.1 Å². The van der Waals surface area contributed by atoms with E-state index in [0.717, 1.165) is 25.8 Å². The molecule has 7 nitrogen and oxygen atoms in total. The molecule has 1 unspecified atom stereocenters. The standard InChI is InChI=1S/C17H20N4O3/c1-11-14(10-19-24-11)16(22)20-12-5-7-13(8-6-12)21-17(23)15-4-2-3-9-18-15/h5-8,10,15,18H,2-4,9H2,1H3,(H,20,22)(H,21,23). The first-order valence-electron chi connectivity index (χ1n) is 8.00. The molecule has 24 heavy (non-hydrogen) atoms. The van der Waals surface area contributed by atoms with E-state index in [4.69, 9.17) is 4.52 Å². The molecule has 1 aromatic carbocycles. The first kappa shape index (κ1) is 16.2. The maximum Gasteiger partial charge on any atom is 0.260 e. The Morgan fingerprint density at radius 3 is 2.46 bits per heavy atom. The van der Waals surface area contributed by atoms with Crippen molar-refractivity contribution in [3.05, 3.63) is 41.8 Å². The summed E-state index contributed by atoms with van der Waals surface area (Å²) in [4.78, 5) is 24.2. The van der Waals surface area contributed by atoms with E-state index >= 15 is 0 Å². The predicted octanol–water partition coefficient (Wildman–Crippen LogP) is 2.32. The smallest absolute Gasteiger partial charge is 0.260 e. The third-order valence-electron chi connectivity index (χ3n) is 4.03. The first-order chi connectivity index (χ1) is 11.6. The zero-order chi connectivity index (χ0) is 16.9. The highest BCUT2D eigenvalue weighted by Gasteiger charge is 2.20. The summed E-state index contributed by atoms with van der Waals surface area (Å²) < 4.78 is 4.88. The lowest BCUT2D eigenvalue weighted by molar-refractivity contribution is -0.118. The highest BCUT2D eigenvalue weighted by atomic mass is 16.5. The Bertz CT molecular complexity index is 718. The van der Waals surface area contributed by atoms with Gasteiger partial charge in [0.1, 0.15) is 11.3 Å². The molecule has 0 aliphatic carbocycles. The number of aromatic nitrogens is 1. The Balaban J connectivity index is 1.58. The molecule has 0 spiro atoms. The molecule has 7 heteroatoms. The van der Waals surface area contributed by atoms with Crippen LogP contribution in [0.3, 0.4) is 0 Å². The average molecular weight is 328 g/mol. The van der Waals surface area contributed by atoms with Crippen LogP contribution in [0, 0.1) is 6.92 Å². The van der Waals surface area contributed by atoms with Gasteiger partial charge in [0.05, 0.1) is 12.2 Å². The van der Waals surface area contributed by atoms with Crippen molar-refractivity contribution in [1.29, 1.82) is 0 Å². The van der Waals surface area contributed by atoms with Crippen LogP contribution in [0.25, 0.3) is 0 Å². The Labute approximate surface area is 139 Å². The molecule has 1 saturated heterocycles. The summed E-state index contributed by atoms with van der Waals surface area (Å²) in [7, 11) is 0. The lowest BCUT2D eigenvalue weighted by atomic mass is 10.0. The number of amides is 2. The van der Waals surface area contributed by atoms with Crippen LogP contribution in [0.4, 0.5) is 11.4 Å². The van der Waals surface area contributed by atoms with E-state index in [1.165, 1.54) is 6.20 Å². The van der Waals surface area contributed by atoms with Crippen LogP contribution < -0.4 is 16.0 Å². The number of hydrogen-bond donors (Lipinski definition) is 3. The van der Waals surface area contributed by atoms with Gasteiger partial charge in [-0.3, -0.25) is 9.59 Å². The van der Waals surface area contributed by atoms with E-state index in [0.29, 0.717) is 22.7 Å². The minimum absolute atomic E-state index is 0.0217. The Morgan fingerprint density at radius 1 is 1.17 bits per heavy atom. The third-order valence-corrected chi connectivity index (χ3v) is 4.03. The molecule has 1 atom stereocenters. The fraction of sp³-hybridized carbons (Fsp3) is 0.353. The minimum atomic E-state index is -0.281. The van der Waals surface area contributed by atoms with Gasteiger partial charge in [-0.25, -0.2) is 0 Å². The van der Waals surface area contributed by atoms with Crippen molar-refractivity contribution in [2.75, 3.05) is 17.2 Å². The van der Waals surface area contributed by atoms with Crippen molar-refractivity contribution in [3.8, 4) is 0 Å². The number of nitrogens with one attached hydrogen (secondary N) is 3. The van der Waals surface area contributed by atoms with Gasteiger partial charge in [-0.2, -0.15) is 0 Å².